The van der Waals surface area contributed by atoms with E-state index in [1.54, 1.807) is 6.07 Å². The van der Waals surface area contributed by atoms with Crippen LogP contribution in [-0.4, -0.2) is 26.1 Å². The number of nitrogens with one attached hydrogen (secondary N) is 1. The van der Waals surface area contributed by atoms with Gasteiger partial charge in [0.2, 0.25) is 0 Å². The molecule has 0 unspecified atom stereocenters. The summed E-state index contributed by atoms with van der Waals surface area (Å²) >= 11 is 0. The van der Waals surface area contributed by atoms with Crippen LogP contribution in [0.3, 0.4) is 0 Å². The molecule has 0 saturated heterocycles. The summed E-state index contributed by atoms with van der Waals surface area (Å²) in [5.74, 6) is -0.109. The zero-order chi connectivity index (χ0) is 16.4. The molecule has 0 spiro atoms. The number of fused-ring (bicyclic) bond motifs is 1. The van der Waals surface area contributed by atoms with Crippen molar-refractivity contribution in [3.63, 3.8) is 0 Å². The number of carbonyl (C=O) groups excluding carboxylic acids is 1. The Morgan fingerprint density at radius 2 is 1.96 bits per heavy atom. The lowest BCUT2D eigenvalue weighted by Gasteiger charge is -2.26. The highest BCUT2D eigenvalue weighted by Gasteiger charge is 2.23. The van der Waals surface area contributed by atoms with Gasteiger partial charge in [0.25, 0.3) is 5.91 Å². The van der Waals surface area contributed by atoms with Crippen LogP contribution in [0.4, 0.5) is 0 Å². The van der Waals surface area contributed by atoms with Crippen molar-refractivity contribution in [3.8, 4) is 5.69 Å². The van der Waals surface area contributed by atoms with Crippen LogP contribution >= 0.6 is 0 Å². The van der Waals surface area contributed by atoms with Gasteiger partial charge >= 0.3 is 0 Å². The third kappa shape index (κ3) is 2.67. The van der Waals surface area contributed by atoms with Gasteiger partial charge in [-0.25, -0.2) is 0 Å². The fraction of sp³-hybridized carbons (Fsp3) is 0.222. The smallest absolute Gasteiger partial charge is 0.253 e. The molecule has 24 heavy (non-hydrogen) atoms. The largest absolute Gasteiger partial charge is 0.345 e. The summed E-state index contributed by atoms with van der Waals surface area (Å²) < 4.78 is 1.50. The fourth-order valence-electron chi connectivity index (χ4n) is 3.28. The SMILES string of the molecule is O=C(N[C@@H]1CCCc2ccccc21)c1ccccc1-n1cnnn1. The van der Waals surface area contributed by atoms with E-state index in [9.17, 15) is 4.79 Å². The molecule has 1 amide bonds. The molecule has 1 aliphatic carbocycles. The number of nitrogens with zero attached hydrogens (tertiary/aromatic N) is 4. The molecule has 1 N–H and O–H groups in total. The summed E-state index contributed by atoms with van der Waals surface area (Å²) in [7, 11) is 0. The quantitative estimate of drug-likeness (QED) is 0.805. The number of aromatic nitrogens is 4. The lowest BCUT2D eigenvalue weighted by molar-refractivity contribution is 0.0932. The molecule has 4 rings (SSSR count). The number of hydrogen-bond acceptors (Lipinski definition) is 4. The molecule has 1 atom stereocenters. The minimum absolute atomic E-state index is 0.0457. The van der Waals surface area contributed by atoms with Gasteiger partial charge in [0.15, 0.2) is 0 Å². The third-order valence-corrected chi connectivity index (χ3v) is 4.42. The minimum atomic E-state index is -0.109. The van der Waals surface area contributed by atoms with Crippen molar-refractivity contribution < 1.29 is 4.79 Å². The van der Waals surface area contributed by atoms with Gasteiger partial charge in [-0.05, 0) is 52.9 Å². The van der Waals surface area contributed by atoms with Crippen molar-refractivity contribution in [2.45, 2.75) is 25.3 Å². The molecule has 120 valence electrons. The van der Waals surface area contributed by atoms with Crippen LogP contribution in [0.5, 0.6) is 0 Å². The topological polar surface area (TPSA) is 72.7 Å². The Kier molecular flexibility index (Phi) is 3.78. The average molecular weight is 319 g/mol. The van der Waals surface area contributed by atoms with Crippen LogP contribution in [0.25, 0.3) is 5.69 Å². The lowest BCUT2D eigenvalue weighted by Crippen LogP contribution is -2.31. The van der Waals surface area contributed by atoms with Crippen LogP contribution < -0.4 is 5.32 Å². The van der Waals surface area contributed by atoms with E-state index in [-0.39, 0.29) is 11.9 Å². The normalized spacial score (nSPS) is 16.4. The maximum Gasteiger partial charge on any atom is 0.253 e. The van der Waals surface area contributed by atoms with Crippen LogP contribution in [-0.2, 0) is 6.42 Å². The molecule has 6 nitrogen and oxygen atoms in total. The van der Waals surface area contributed by atoms with Gasteiger partial charge in [-0.2, -0.15) is 4.68 Å². The number of benzene rings is 2. The van der Waals surface area contributed by atoms with Gasteiger partial charge in [-0.3, -0.25) is 4.79 Å². The standard InChI is InChI=1S/C18H17N5O/c24-18(15-9-3-4-11-17(15)23-12-19-21-22-23)20-16-10-5-7-13-6-1-2-8-14(13)16/h1-4,6,8-9,11-12,16H,5,7,10H2,(H,20,24)/t16-/m1/s1. The monoisotopic (exact) mass is 319 g/mol. The molecular formula is C18H17N5O. The van der Waals surface area contributed by atoms with Crippen molar-refractivity contribution in [1.29, 1.82) is 0 Å². The summed E-state index contributed by atoms with van der Waals surface area (Å²) in [6, 6.07) is 15.7. The van der Waals surface area contributed by atoms with E-state index in [4.69, 9.17) is 0 Å². The second kappa shape index (κ2) is 6.23. The minimum Gasteiger partial charge on any atom is -0.345 e. The van der Waals surface area contributed by atoms with E-state index in [0.717, 1.165) is 19.3 Å². The average Bonchev–Trinajstić information content (AvgIpc) is 3.16. The highest BCUT2D eigenvalue weighted by Crippen LogP contribution is 2.29. The summed E-state index contributed by atoms with van der Waals surface area (Å²) in [6.45, 7) is 0. The maximum atomic E-state index is 12.8. The predicted molar refractivity (Wildman–Crippen MR) is 88.7 cm³/mol. The molecule has 2 aromatic carbocycles. The first kappa shape index (κ1) is 14.6. The summed E-state index contributed by atoms with van der Waals surface area (Å²) in [6.07, 6.45) is 4.60. The Hall–Kier alpha value is -3.02. The molecular weight excluding hydrogens is 302 g/mol. The molecule has 0 radical (unpaired) electrons. The Balaban J connectivity index is 1.63. The molecule has 3 aromatic rings. The first-order chi connectivity index (χ1) is 11.8. The van der Waals surface area contributed by atoms with Crippen molar-refractivity contribution in [1.82, 2.24) is 25.5 Å². The molecule has 1 aromatic heterocycles. The highest BCUT2D eigenvalue weighted by atomic mass is 16.1. The van der Waals surface area contributed by atoms with E-state index in [1.165, 1.54) is 22.1 Å². The molecule has 0 saturated carbocycles. The van der Waals surface area contributed by atoms with Crippen molar-refractivity contribution in [3.05, 3.63) is 71.5 Å². The summed E-state index contributed by atoms with van der Waals surface area (Å²) in [5, 5.41) is 14.4. The fourth-order valence-corrected chi connectivity index (χ4v) is 3.28. The van der Waals surface area contributed by atoms with Crippen LogP contribution in [0.15, 0.2) is 54.9 Å². The van der Waals surface area contributed by atoms with Crippen LogP contribution in [0.1, 0.15) is 40.4 Å². The number of tetrazole rings is 1. The highest BCUT2D eigenvalue weighted by molar-refractivity contribution is 5.98. The van der Waals surface area contributed by atoms with Gasteiger partial charge in [-0.15, -0.1) is 5.10 Å². The number of amides is 1. The molecule has 6 heteroatoms. The Morgan fingerprint density at radius 3 is 2.83 bits per heavy atom. The van der Waals surface area contributed by atoms with E-state index in [2.05, 4.69) is 39.0 Å². The number of carbonyl (C=O) groups is 1. The second-order valence-electron chi connectivity index (χ2n) is 5.89. The third-order valence-electron chi connectivity index (χ3n) is 4.42. The molecule has 1 aliphatic rings. The lowest BCUT2D eigenvalue weighted by atomic mass is 9.87. The maximum absolute atomic E-state index is 12.8. The molecule has 0 bridgehead atoms. The Labute approximate surface area is 139 Å². The summed E-state index contributed by atoms with van der Waals surface area (Å²) in [5.41, 5.74) is 3.77. The van der Waals surface area contributed by atoms with Crippen LogP contribution in [0.2, 0.25) is 0 Å². The zero-order valence-corrected chi connectivity index (χ0v) is 13.1. The molecule has 1 heterocycles. The van der Waals surface area contributed by atoms with E-state index < -0.39 is 0 Å². The first-order valence-electron chi connectivity index (χ1n) is 8.04. The zero-order valence-electron chi connectivity index (χ0n) is 13.1. The van der Waals surface area contributed by atoms with Crippen molar-refractivity contribution in [2.24, 2.45) is 0 Å². The number of hydrogen-bond donors (Lipinski definition) is 1. The van der Waals surface area contributed by atoms with Gasteiger partial charge in [0.05, 0.1) is 17.3 Å². The second-order valence-corrected chi connectivity index (χ2v) is 5.89. The Morgan fingerprint density at radius 1 is 1.12 bits per heavy atom. The van der Waals surface area contributed by atoms with Crippen molar-refractivity contribution >= 4 is 5.91 Å². The number of rotatable bonds is 3. The van der Waals surface area contributed by atoms with Gasteiger partial charge in [0.1, 0.15) is 6.33 Å². The van der Waals surface area contributed by atoms with Crippen LogP contribution in [0, 0.1) is 0 Å². The molecule has 0 aliphatic heterocycles. The number of aryl methyl sites for hydroxylation is 1. The summed E-state index contributed by atoms with van der Waals surface area (Å²) in [4.78, 5) is 12.8. The van der Waals surface area contributed by atoms with E-state index in [1.807, 2.05) is 24.3 Å². The molecule has 0 fully saturated rings. The first-order valence-corrected chi connectivity index (χ1v) is 8.04. The van der Waals surface area contributed by atoms with Crippen molar-refractivity contribution in [2.75, 3.05) is 0 Å². The van der Waals surface area contributed by atoms with Gasteiger partial charge < -0.3 is 5.32 Å². The van der Waals surface area contributed by atoms with Gasteiger partial charge in [0, 0.05) is 0 Å². The van der Waals surface area contributed by atoms with E-state index in [0.29, 0.717) is 11.3 Å². The predicted octanol–water partition coefficient (Wildman–Crippen LogP) is 2.47. The van der Waals surface area contributed by atoms with E-state index >= 15 is 0 Å². The number of para-hydroxylation sites is 1. The Bertz CT molecular complexity index is 859. The van der Waals surface area contributed by atoms with Gasteiger partial charge in [-0.1, -0.05) is 36.4 Å².